The molecule has 1 aromatic carbocycles. The van der Waals surface area contributed by atoms with Crippen LogP contribution in [0.3, 0.4) is 0 Å². The first-order valence-electron chi connectivity index (χ1n) is 6.53. The van der Waals surface area contributed by atoms with Gasteiger partial charge in [0.2, 0.25) is 11.8 Å². The lowest BCUT2D eigenvalue weighted by atomic mass is 10.2. The molecule has 3 N–H and O–H groups in total. The minimum atomic E-state index is -0.389. The van der Waals surface area contributed by atoms with Crippen molar-refractivity contribution in [3.8, 4) is 5.88 Å². The Balaban J connectivity index is 1.96. The van der Waals surface area contributed by atoms with E-state index in [0.29, 0.717) is 17.5 Å². The molecule has 0 aliphatic rings. The molecule has 0 amide bonds. The first kappa shape index (κ1) is 13.2. The number of aromatic nitrogens is 3. The van der Waals surface area contributed by atoms with Crippen LogP contribution in [-0.4, -0.2) is 20.1 Å². The number of aromatic amines is 1. The minimum absolute atomic E-state index is 0.0815. The maximum atomic E-state index is 11.8. The van der Waals surface area contributed by atoms with Crippen LogP contribution < -0.4 is 10.9 Å². The molecular weight excluding hydrogens is 272 g/mol. The highest BCUT2D eigenvalue weighted by Crippen LogP contribution is 2.22. The normalized spacial score (nSPS) is 11.0. The summed E-state index contributed by atoms with van der Waals surface area (Å²) in [4.78, 5) is 22.4. The Morgan fingerprint density at radius 3 is 2.90 bits per heavy atom. The molecule has 108 valence electrons. The van der Waals surface area contributed by atoms with Crippen molar-refractivity contribution in [1.29, 1.82) is 0 Å². The van der Waals surface area contributed by atoms with Crippen LogP contribution in [-0.2, 0) is 6.42 Å². The summed E-state index contributed by atoms with van der Waals surface area (Å²) in [5.41, 5.74) is 2.25. The highest BCUT2D eigenvalue weighted by Gasteiger charge is 2.11. The number of oxazole rings is 1. The molecule has 0 aliphatic heterocycles. The van der Waals surface area contributed by atoms with Crippen molar-refractivity contribution < 1.29 is 9.52 Å². The molecule has 0 aliphatic carbocycles. The SMILES string of the molecule is CCc1c(O)nc(Nc2nc3cc(C)ccc3o2)[nH]c1=O. The highest BCUT2D eigenvalue weighted by atomic mass is 16.4. The second-order valence-corrected chi connectivity index (χ2v) is 4.69. The molecule has 2 aromatic heterocycles. The van der Waals surface area contributed by atoms with E-state index in [1.807, 2.05) is 25.1 Å². The summed E-state index contributed by atoms with van der Waals surface area (Å²) < 4.78 is 5.50. The molecule has 3 aromatic rings. The smallest absolute Gasteiger partial charge is 0.302 e. The van der Waals surface area contributed by atoms with Gasteiger partial charge in [0.15, 0.2) is 5.58 Å². The van der Waals surface area contributed by atoms with E-state index in [9.17, 15) is 9.90 Å². The summed E-state index contributed by atoms with van der Waals surface area (Å²) in [5, 5.41) is 12.4. The molecule has 2 heterocycles. The monoisotopic (exact) mass is 286 g/mol. The predicted molar refractivity (Wildman–Crippen MR) is 77.9 cm³/mol. The molecule has 21 heavy (non-hydrogen) atoms. The van der Waals surface area contributed by atoms with Crippen molar-refractivity contribution in [2.75, 3.05) is 5.32 Å². The third kappa shape index (κ3) is 2.45. The molecule has 0 saturated carbocycles. The number of nitrogens with one attached hydrogen (secondary N) is 2. The number of anilines is 2. The fourth-order valence-corrected chi connectivity index (χ4v) is 2.06. The van der Waals surface area contributed by atoms with Crippen LogP contribution >= 0.6 is 0 Å². The maximum absolute atomic E-state index is 11.8. The summed E-state index contributed by atoms with van der Waals surface area (Å²) in [5.74, 6) is -0.214. The van der Waals surface area contributed by atoms with Crippen LogP contribution in [0.2, 0.25) is 0 Å². The topological polar surface area (TPSA) is 104 Å². The lowest BCUT2D eigenvalue weighted by Crippen LogP contribution is -2.15. The first-order valence-corrected chi connectivity index (χ1v) is 6.53. The second-order valence-electron chi connectivity index (χ2n) is 4.69. The summed E-state index contributed by atoms with van der Waals surface area (Å²) in [6.07, 6.45) is 0.399. The fraction of sp³-hybridized carbons (Fsp3) is 0.214. The maximum Gasteiger partial charge on any atom is 0.302 e. The minimum Gasteiger partial charge on any atom is -0.493 e. The van der Waals surface area contributed by atoms with E-state index >= 15 is 0 Å². The number of aromatic hydroxyl groups is 1. The molecule has 0 fully saturated rings. The quantitative estimate of drug-likeness (QED) is 0.682. The molecule has 0 radical (unpaired) electrons. The molecule has 0 saturated heterocycles. The Morgan fingerprint density at radius 1 is 1.38 bits per heavy atom. The van der Waals surface area contributed by atoms with Crippen LogP contribution in [0, 0.1) is 6.92 Å². The molecular formula is C14H14N4O3. The number of H-pyrrole nitrogens is 1. The van der Waals surface area contributed by atoms with Crippen LogP contribution in [0.4, 0.5) is 12.0 Å². The standard InChI is InChI=1S/C14H14N4O3/c1-3-8-11(19)16-13(17-12(8)20)18-14-15-9-6-7(2)4-5-10(9)21-14/h4-6H,3H2,1-2H3,(H3,15,16,17,18,19,20). The Bertz CT molecular complexity index is 866. The largest absolute Gasteiger partial charge is 0.493 e. The number of fused-ring (bicyclic) bond motifs is 1. The van der Waals surface area contributed by atoms with Gasteiger partial charge in [-0.3, -0.25) is 15.1 Å². The average Bonchev–Trinajstić information content (AvgIpc) is 2.79. The van der Waals surface area contributed by atoms with Crippen LogP contribution in [0.25, 0.3) is 11.1 Å². The van der Waals surface area contributed by atoms with Gasteiger partial charge in [0.25, 0.3) is 5.56 Å². The van der Waals surface area contributed by atoms with Crippen molar-refractivity contribution in [1.82, 2.24) is 15.0 Å². The molecule has 0 spiro atoms. The average molecular weight is 286 g/mol. The first-order chi connectivity index (χ1) is 10.1. The van der Waals surface area contributed by atoms with Crippen LogP contribution in [0.5, 0.6) is 5.88 Å². The van der Waals surface area contributed by atoms with Crippen LogP contribution in [0.15, 0.2) is 27.4 Å². The Labute approximate surface area is 119 Å². The number of hydrogen-bond donors (Lipinski definition) is 3. The van der Waals surface area contributed by atoms with E-state index in [2.05, 4.69) is 20.3 Å². The second kappa shape index (κ2) is 4.93. The lowest BCUT2D eigenvalue weighted by molar-refractivity contribution is 0.444. The highest BCUT2D eigenvalue weighted by molar-refractivity contribution is 5.75. The van der Waals surface area contributed by atoms with Gasteiger partial charge in [-0.15, -0.1) is 0 Å². The Morgan fingerprint density at radius 2 is 2.19 bits per heavy atom. The third-order valence-corrected chi connectivity index (χ3v) is 3.12. The van der Waals surface area contributed by atoms with Crippen molar-refractivity contribution in [2.24, 2.45) is 0 Å². The van der Waals surface area contributed by atoms with E-state index < -0.39 is 0 Å². The van der Waals surface area contributed by atoms with E-state index in [1.165, 1.54) is 0 Å². The number of aryl methyl sites for hydroxylation is 1. The molecule has 0 unspecified atom stereocenters. The van der Waals surface area contributed by atoms with Gasteiger partial charge in [0, 0.05) is 0 Å². The van der Waals surface area contributed by atoms with Gasteiger partial charge in [-0.1, -0.05) is 13.0 Å². The van der Waals surface area contributed by atoms with E-state index in [1.54, 1.807) is 6.92 Å². The lowest BCUT2D eigenvalue weighted by Gasteiger charge is -2.03. The fourth-order valence-electron chi connectivity index (χ4n) is 2.06. The third-order valence-electron chi connectivity index (χ3n) is 3.12. The number of rotatable bonds is 3. The van der Waals surface area contributed by atoms with E-state index in [4.69, 9.17) is 4.42 Å². The van der Waals surface area contributed by atoms with Gasteiger partial charge in [-0.05, 0) is 31.0 Å². The summed E-state index contributed by atoms with van der Waals surface area (Å²) in [6.45, 7) is 3.73. The summed E-state index contributed by atoms with van der Waals surface area (Å²) >= 11 is 0. The van der Waals surface area contributed by atoms with Gasteiger partial charge in [0.1, 0.15) is 5.52 Å². The van der Waals surface area contributed by atoms with Crippen molar-refractivity contribution in [2.45, 2.75) is 20.3 Å². The number of benzene rings is 1. The number of hydrogen-bond acceptors (Lipinski definition) is 6. The molecule has 3 rings (SSSR count). The van der Waals surface area contributed by atoms with Crippen molar-refractivity contribution in [3.05, 3.63) is 39.7 Å². The molecule has 0 atom stereocenters. The van der Waals surface area contributed by atoms with Gasteiger partial charge >= 0.3 is 6.01 Å². The zero-order valence-corrected chi connectivity index (χ0v) is 11.6. The summed E-state index contributed by atoms with van der Waals surface area (Å²) in [6, 6.07) is 5.82. The number of nitrogens with zero attached hydrogens (tertiary/aromatic N) is 2. The van der Waals surface area contributed by atoms with Crippen molar-refractivity contribution >= 4 is 23.1 Å². The van der Waals surface area contributed by atoms with Gasteiger partial charge < -0.3 is 9.52 Å². The van der Waals surface area contributed by atoms with Crippen LogP contribution in [0.1, 0.15) is 18.1 Å². The molecule has 7 heteroatoms. The predicted octanol–water partition coefficient (Wildman–Crippen LogP) is 2.23. The van der Waals surface area contributed by atoms with Gasteiger partial charge in [0.05, 0.1) is 5.56 Å². The van der Waals surface area contributed by atoms with E-state index in [0.717, 1.165) is 5.56 Å². The van der Waals surface area contributed by atoms with Crippen molar-refractivity contribution in [3.63, 3.8) is 0 Å². The summed E-state index contributed by atoms with van der Waals surface area (Å²) in [7, 11) is 0. The molecule has 0 bridgehead atoms. The molecule has 7 nitrogen and oxygen atoms in total. The zero-order chi connectivity index (χ0) is 15.0. The zero-order valence-electron chi connectivity index (χ0n) is 11.6. The Hall–Kier alpha value is -2.83. The van der Waals surface area contributed by atoms with Gasteiger partial charge in [-0.2, -0.15) is 9.97 Å². The van der Waals surface area contributed by atoms with Gasteiger partial charge in [-0.25, -0.2) is 0 Å². The Kier molecular flexibility index (Phi) is 3.09. The van der Waals surface area contributed by atoms with E-state index in [-0.39, 0.29) is 29.0 Å².